The molecule has 2 aliphatic rings. The fourth-order valence-electron chi connectivity index (χ4n) is 7.27. The van der Waals surface area contributed by atoms with Crippen molar-refractivity contribution < 1.29 is 33.6 Å². The van der Waals surface area contributed by atoms with Crippen LogP contribution in [0.3, 0.4) is 0 Å². The van der Waals surface area contributed by atoms with Crippen LogP contribution >= 0.6 is 0 Å². The van der Waals surface area contributed by atoms with Gasteiger partial charge in [0.2, 0.25) is 5.43 Å². The highest BCUT2D eigenvalue weighted by atomic mass is 16.5. The third-order valence-electron chi connectivity index (χ3n) is 10.0. The monoisotopic (exact) mass is 704 g/mol. The Balaban J connectivity index is 1.47. The molecule has 10 nitrogen and oxygen atoms in total. The Kier molecular flexibility index (Phi) is 13.5. The highest BCUT2D eigenvalue weighted by Crippen LogP contribution is 2.42. The van der Waals surface area contributed by atoms with Crippen LogP contribution in [0.1, 0.15) is 90.2 Å². The van der Waals surface area contributed by atoms with Gasteiger partial charge in [-0.25, -0.2) is 0 Å². The lowest BCUT2D eigenvalue weighted by atomic mass is 9.98. The molecule has 1 aromatic heterocycles. The number of unbranched alkanes of at least 4 members (excludes halogenated alkanes) is 2. The minimum Gasteiger partial charge on any atom is -0.507 e. The number of aromatic hydroxyl groups is 1. The smallest absolute Gasteiger partial charge is 0.320 e. The molecule has 51 heavy (non-hydrogen) atoms. The van der Waals surface area contributed by atoms with E-state index in [-0.39, 0.29) is 22.1 Å². The molecule has 2 aliphatic heterocycles. The fraction of sp³-hybridized carbons (Fsp3) is 0.561. The van der Waals surface area contributed by atoms with Gasteiger partial charge in [-0.15, -0.1) is 0 Å². The van der Waals surface area contributed by atoms with Crippen LogP contribution < -0.4 is 19.6 Å². The third kappa shape index (κ3) is 9.46. The summed E-state index contributed by atoms with van der Waals surface area (Å²) in [6.07, 6.45) is 12.4. The van der Waals surface area contributed by atoms with Crippen molar-refractivity contribution in [3.05, 3.63) is 56.8 Å². The molecule has 5 rings (SSSR count). The van der Waals surface area contributed by atoms with Crippen molar-refractivity contribution in [2.75, 3.05) is 53.0 Å². The van der Waals surface area contributed by atoms with Gasteiger partial charge in [0, 0.05) is 23.3 Å². The number of allylic oxidation sites excluding steroid dienone is 4. The van der Waals surface area contributed by atoms with Crippen LogP contribution in [-0.2, 0) is 17.6 Å². The van der Waals surface area contributed by atoms with Crippen LogP contribution in [0, 0.1) is 0 Å². The van der Waals surface area contributed by atoms with Gasteiger partial charge in [-0.1, -0.05) is 23.3 Å². The van der Waals surface area contributed by atoms with Crippen LogP contribution in [0.2, 0.25) is 0 Å². The van der Waals surface area contributed by atoms with Crippen molar-refractivity contribution in [3.63, 3.8) is 0 Å². The first-order valence-corrected chi connectivity index (χ1v) is 18.7. The summed E-state index contributed by atoms with van der Waals surface area (Å²) in [5, 5.41) is 21.7. The van der Waals surface area contributed by atoms with Gasteiger partial charge in [-0.05, 0) is 125 Å². The molecule has 2 N–H and O–H groups in total. The normalized spacial score (nSPS) is 16.5. The molecule has 3 aromatic rings. The number of nitrogens with zero attached hydrogens (tertiary/aromatic N) is 2. The van der Waals surface area contributed by atoms with E-state index in [0.717, 1.165) is 56.3 Å². The van der Waals surface area contributed by atoms with Gasteiger partial charge in [0.05, 0.1) is 25.7 Å². The molecule has 0 radical (unpaired) electrons. The van der Waals surface area contributed by atoms with Gasteiger partial charge in [0.25, 0.3) is 0 Å². The molecule has 0 unspecified atom stereocenters. The molecule has 0 spiro atoms. The summed E-state index contributed by atoms with van der Waals surface area (Å²) in [6, 6.07) is 3.04. The van der Waals surface area contributed by atoms with Crippen molar-refractivity contribution in [2.24, 2.45) is 0 Å². The van der Waals surface area contributed by atoms with E-state index in [1.807, 2.05) is 44.7 Å². The zero-order valence-corrected chi connectivity index (χ0v) is 31.1. The van der Waals surface area contributed by atoms with E-state index in [9.17, 15) is 19.8 Å². The number of phenols is 1. The second-order valence-corrected chi connectivity index (χ2v) is 14.4. The summed E-state index contributed by atoms with van der Waals surface area (Å²) in [7, 11) is 1.56. The third-order valence-corrected chi connectivity index (χ3v) is 10.0. The van der Waals surface area contributed by atoms with Gasteiger partial charge in [0.1, 0.15) is 34.1 Å². The topological polar surface area (TPSA) is 122 Å². The number of phenolic OH excluding ortho intramolecular Hbond substituents is 1. The predicted octanol–water partition coefficient (Wildman–Crippen LogP) is 7.64. The van der Waals surface area contributed by atoms with E-state index in [4.69, 9.17) is 18.6 Å². The van der Waals surface area contributed by atoms with E-state index in [2.05, 4.69) is 4.90 Å². The van der Waals surface area contributed by atoms with Crippen LogP contribution in [0.25, 0.3) is 21.9 Å². The Morgan fingerprint density at radius 2 is 1.45 bits per heavy atom. The quantitative estimate of drug-likeness (QED) is 0.0776. The van der Waals surface area contributed by atoms with Crippen molar-refractivity contribution in [1.29, 1.82) is 0 Å². The second kappa shape index (κ2) is 18.0. The average molecular weight is 705 g/mol. The molecule has 0 amide bonds. The lowest BCUT2D eigenvalue weighted by Gasteiger charge is -2.21. The Morgan fingerprint density at radius 3 is 2.10 bits per heavy atom. The summed E-state index contributed by atoms with van der Waals surface area (Å²) in [4.78, 5) is 30.5. The molecule has 10 heteroatoms. The van der Waals surface area contributed by atoms with Crippen molar-refractivity contribution in [2.45, 2.75) is 97.9 Å². The largest absolute Gasteiger partial charge is 0.507 e. The molecule has 0 aliphatic carbocycles. The minimum absolute atomic E-state index is 0.122. The van der Waals surface area contributed by atoms with Gasteiger partial charge in [-0.3, -0.25) is 14.5 Å². The summed E-state index contributed by atoms with van der Waals surface area (Å²) < 4.78 is 24.9. The predicted molar refractivity (Wildman–Crippen MR) is 202 cm³/mol. The number of fused-ring (bicyclic) bond motifs is 2. The van der Waals surface area contributed by atoms with E-state index in [0.29, 0.717) is 78.4 Å². The summed E-state index contributed by atoms with van der Waals surface area (Å²) >= 11 is 0. The first kappa shape index (κ1) is 38.2. The zero-order chi connectivity index (χ0) is 36.5. The molecular formula is C41H56N2O8. The molecule has 3 heterocycles. The minimum atomic E-state index is -0.758. The van der Waals surface area contributed by atoms with Gasteiger partial charge < -0.3 is 33.7 Å². The Bertz CT molecular complexity index is 1800. The van der Waals surface area contributed by atoms with Crippen LogP contribution in [0.5, 0.6) is 23.0 Å². The SMILES string of the molecule is COc1c(OCCCCN2CCC[C@@H]2C(=O)O)cc2oc3cc(OCCCCN4CCCC4)c(CC=C(C)C)c(O)c3c(=O)c2c1CC=C(C)C. The number of aliphatic carboxylic acids is 1. The van der Waals surface area contributed by atoms with Gasteiger partial charge >= 0.3 is 5.97 Å². The fourth-order valence-corrected chi connectivity index (χ4v) is 7.27. The maximum Gasteiger partial charge on any atom is 0.320 e. The number of hydrogen-bond acceptors (Lipinski definition) is 9. The summed E-state index contributed by atoms with van der Waals surface area (Å²) in [5.41, 5.74) is 3.63. The Hall–Kier alpha value is -4.02. The number of carboxylic acids is 1. The first-order valence-electron chi connectivity index (χ1n) is 18.7. The van der Waals surface area contributed by atoms with Gasteiger partial charge in [-0.2, -0.15) is 0 Å². The number of carboxylic acid groups (broad SMARTS) is 1. The molecule has 0 saturated carbocycles. The molecule has 278 valence electrons. The molecule has 0 bridgehead atoms. The van der Waals surface area contributed by atoms with Gasteiger partial charge in [0.15, 0.2) is 11.5 Å². The number of benzene rings is 2. The lowest BCUT2D eigenvalue weighted by molar-refractivity contribution is -0.142. The summed E-state index contributed by atoms with van der Waals surface area (Å²) in [5.74, 6) is 0.553. The number of methoxy groups -OCH3 is 1. The Labute approximate surface area is 301 Å². The van der Waals surface area contributed by atoms with Crippen molar-refractivity contribution in [1.82, 2.24) is 9.80 Å². The number of carbonyl (C=O) groups is 1. The average Bonchev–Trinajstić information content (AvgIpc) is 3.79. The number of likely N-dealkylation sites (tertiary alicyclic amines) is 2. The molecule has 2 fully saturated rings. The van der Waals surface area contributed by atoms with E-state index >= 15 is 0 Å². The maximum absolute atomic E-state index is 14.4. The standard InChI is InChI=1S/C41H56N2O8/c1-27(2)14-16-29-32(49-23-10-8-20-42-18-6-7-19-42)25-34-37(38(29)44)39(45)36-30(17-15-28(3)4)40(48-5)35(26-33(36)51-34)50-24-11-9-21-43-22-12-13-31(43)41(46)47/h14-15,25-26,31,44H,6-13,16-24H2,1-5H3,(H,46,47)/t31-/m1/s1. The van der Waals surface area contributed by atoms with E-state index < -0.39 is 12.0 Å². The molecule has 2 aromatic carbocycles. The lowest BCUT2D eigenvalue weighted by Crippen LogP contribution is -2.36. The van der Waals surface area contributed by atoms with Crippen LogP contribution in [0.15, 0.2) is 44.6 Å². The van der Waals surface area contributed by atoms with Crippen LogP contribution in [-0.4, -0.2) is 85.1 Å². The van der Waals surface area contributed by atoms with E-state index in [1.165, 1.54) is 25.9 Å². The summed E-state index contributed by atoms with van der Waals surface area (Å²) in [6.45, 7) is 13.8. The maximum atomic E-state index is 14.4. The second-order valence-electron chi connectivity index (χ2n) is 14.4. The molecule has 1 atom stereocenters. The highest BCUT2D eigenvalue weighted by Gasteiger charge is 2.30. The van der Waals surface area contributed by atoms with E-state index in [1.54, 1.807) is 19.2 Å². The molecular weight excluding hydrogens is 648 g/mol. The highest BCUT2D eigenvalue weighted by molar-refractivity contribution is 5.98. The number of ether oxygens (including phenoxy) is 3. The number of hydrogen-bond donors (Lipinski definition) is 2. The van der Waals surface area contributed by atoms with Crippen LogP contribution in [0.4, 0.5) is 0 Å². The van der Waals surface area contributed by atoms with Crippen molar-refractivity contribution >= 4 is 27.9 Å². The van der Waals surface area contributed by atoms with Crippen molar-refractivity contribution in [3.8, 4) is 23.0 Å². The molecule has 2 saturated heterocycles. The first-order chi connectivity index (χ1) is 24.6. The zero-order valence-electron chi connectivity index (χ0n) is 31.1. The Morgan fingerprint density at radius 1 is 0.843 bits per heavy atom. The number of rotatable bonds is 18.